The van der Waals surface area contributed by atoms with Crippen molar-refractivity contribution in [3.05, 3.63) is 82.9 Å². The molecular weight excluding hydrogens is 558 g/mol. The topological polar surface area (TPSA) is 0 Å². The number of hydrogen-bond acceptors (Lipinski definition) is 0. The van der Waals surface area contributed by atoms with E-state index < -0.39 is 15.9 Å². The monoisotopic (exact) mass is 598 g/mol. The Balaban J connectivity index is 1.68. The van der Waals surface area contributed by atoms with Gasteiger partial charge in [-0.15, -0.1) is 0 Å². The van der Waals surface area contributed by atoms with E-state index in [0.29, 0.717) is 0 Å². The summed E-state index contributed by atoms with van der Waals surface area (Å²) in [5.74, 6) is 0. The molecule has 0 saturated heterocycles. The average Bonchev–Trinajstić information content (AvgIpc) is 3.64. The van der Waals surface area contributed by atoms with Crippen molar-refractivity contribution in [3.8, 4) is 0 Å². The first-order chi connectivity index (χ1) is 17.5. The predicted octanol–water partition coefficient (Wildman–Crippen LogP) is 11.2. The third kappa shape index (κ3) is 4.65. The molecule has 0 aromatic heterocycles. The van der Waals surface area contributed by atoms with E-state index in [1.165, 1.54) is 84.8 Å². The van der Waals surface area contributed by atoms with Crippen LogP contribution in [-0.2, 0) is 15.9 Å². The van der Waals surface area contributed by atoms with Crippen molar-refractivity contribution in [2.45, 2.75) is 98.1 Å². The number of halogens is 2. The second-order valence-electron chi connectivity index (χ2n) is 11.4. The summed E-state index contributed by atoms with van der Waals surface area (Å²) >= 11 is -4.67. The summed E-state index contributed by atoms with van der Waals surface area (Å²) in [5.41, 5.74) is 8.62. The molecule has 0 N–H and O–H groups in total. The Morgan fingerprint density at radius 1 is 0.667 bits per heavy atom. The van der Waals surface area contributed by atoms with Gasteiger partial charge in [0.2, 0.25) is 0 Å². The van der Waals surface area contributed by atoms with Gasteiger partial charge in [-0.2, -0.15) is 0 Å². The summed E-state index contributed by atoms with van der Waals surface area (Å²) in [5, 5.41) is 0. The molecule has 2 aromatic rings. The summed E-state index contributed by atoms with van der Waals surface area (Å²) in [6.07, 6.45) is 19.6. The number of allylic oxidation sites excluding steroid dienone is 4. The van der Waals surface area contributed by atoms with Crippen molar-refractivity contribution in [3.63, 3.8) is 0 Å². The van der Waals surface area contributed by atoms with Crippen LogP contribution in [0.3, 0.4) is 0 Å². The van der Waals surface area contributed by atoms with E-state index in [4.69, 9.17) is 17.0 Å². The van der Waals surface area contributed by atoms with Crippen molar-refractivity contribution >= 4 is 31.4 Å². The first-order valence-electron chi connectivity index (χ1n) is 14.5. The van der Waals surface area contributed by atoms with Gasteiger partial charge in [0.25, 0.3) is 0 Å². The van der Waals surface area contributed by atoms with Crippen LogP contribution < -0.4 is 0 Å². The van der Waals surface area contributed by atoms with Crippen LogP contribution in [0.2, 0.25) is 0 Å². The molecule has 0 spiro atoms. The van der Waals surface area contributed by atoms with E-state index >= 15 is 0 Å². The van der Waals surface area contributed by atoms with Gasteiger partial charge in [-0.05, 0) is 0 Å². The SMILES string of the molecule is CCCCCC1=C[CH]([Zr]([Cl])([Cl])(=[C]2CCCC2)[CH]2C=C(CCCCC)c3ccccc32)c2ccccc21. The summed E-state index contributed by atoms with van der Waals surface area (Å²) in [4.78, 5) is 0. The molecule has 3 aliphatic rings. The van der Waals surface area contributed by atoms with Crippen molar-refractivity contribution in [2.75, 3.05) is 0 Å². The Kier molecular flexibility index (Phi) is 8.32. The van der Waals surface area contributed by atoms with Crippen molar-refractivity contribution in [1.29, 1.82) is 0 Å². The zero-order chi connectivity index (χ0) is 25.2. The van der Waals surface area contributed by atoms with Gasteiger partial charge in [-0.3, -0.25) is 0 Å². The molecular formula is C33H42Cl2Zr. The van der Waals surface area contributed by atoms with Crippen molar-refractivity contribution < 1.29 is 15.9 Å². The maximum atomic E-state index is 8.37. The molecule has 2 unspecified atom stereocenters. The standard InChI is InChI=1S/2C14H17.C5H8.2ClH.Zr/c2*1-2-3-4-7-12-10-11-13-8-5-6-9-14(12)13;1-2-4-5-3-1;;;/h2*5-6,8-11H,2-4,7H2,1H3;1-4H2;2*1H;/q;;;;;+2/p-2. The second kappa shape index (κ2) is 11.2. The van der Waals surface area contributed by atoms with Crippen LogP contribution in [0.25, 0.3) is 11.1 Å². The number of hydrogen-bond donors (Lipinski definition) is 0. The molecule has 0 aliphatic heterocycles. The molecule has 0 heterocycles. The van der Waals surface area contributed by atoms with Crippen LogP contribution in [0, 0.1) is 0 Å². The normalized spacial score (nSPS) is 21.4. The van der Waals surface area contributed by atoms with Crippen LogP contribution in [-0.4, -0.2) is 3.21 Å². The quantitative estimate of drug-likeness (QED) is 0.238. The van der Waals surface area contributed by atoms with Gasteiger partial charge in [0, 0.05) is 0 Å². The Morgan fingerprint density at radius 2 is 1.11 bits per heavy atom. The number of fused-ring (bicyclic) bond motifs is 2. The van der Waals surface area contributed by atoms with Gasteiger partial charge in [-0.25, -0.2) is 0 Å². The van der Waals surface area contributed by atoms with E-state index in [-0.39, 0.29) is 7.25 Å². The molecule has 5 rings (SSSR count). The summed E-state index contributed by atoms with van der Waals surface area (Å²) in [6, 6.07) is 18.1. The summed E-state index contributed by atoms with van der Waals surface area (Å²) in [6.45, 7) is 4.57. The van der Waals surface area contributed by atoms with Gasteiger partial charge < -0.3 is 0 Å². The summed E-state index contributed by atoms with van der Waals surface area (Å²) in [7, 11) is 16.7. The molecule has 192 valence electrons. The van der Waals surface area contributed by atoms with E-state index in [9.17, 15) is 0 Å². The summed E-state index contributed by atoms with van der Waals surface area (Å²) < 4.78 is 1.89. The third-order valence-corrected chi connectivity index (χ3v) is 30.4. The molecule has 2 aromatic carbocycles. The van der Waals surface area contributed by atoms with Crippen LogP contribution >= 0.6 is 17.0 Å². The van der Waals surface area contributed by atoms with Crippen LogP contribution in [0.1, 0.15) is 120 Å². The zero-order valence-corrected chi connectivity index (χ0v) is 26.1. The van der Waals surface area contributed by atoms with Gasteiger partial charge in [0.15, 0.2) is 0 Å². The zero-order valence-electron chi connectivity index (χ0n) is 22.2. The van der Waals surface area contributed by atoms with Crippen LogP contribution in [0.15, 0.2) is 60.7 Å². The molecule has 1 saturated carbocycles. The molecule has 0 radical (unpaired) electrons. The van der Waals surface area contributed by atoms with Gasteiger partial charge in [0.1, 0.15) is 0 Å². The van der Waals surface area contributed by atoms with Gasteiger partial charge >= 0.3 is 228 Å². The van der Waals surface area contributed by atoms with E-state index in [1.807, 2.05) is 0 Å². The molecule has 0 nitrogen and oxygen atoms in total. The van der Waals surface area contributed by atoms with Crippen molar-refractivity contribution in [2.24, 2.45) is 0 Å². The van der Waals surface area contributed by atoms with E-state index in [0.717, 1.165) is 25.7 Å². The Hall–Kier alpha value is -0.747. The van der Waals surface area contributed by atoms with Gasteiger partial charge in [0.05, 0.1) is 0 Å². The minimum absolute atomic E-state index is 0.167. The fourth-order valence-electron chi connectivity index (χ4n) is 7.24. The number of benzene rings is 2. The predicted molar refractivity (Wildman–Crippen MR) is 158 cm³/mol. The van der Waals surface area contributed by atoms with E-state index in [2.05, 4.69) is 74.5 Å². The molecule has 0 amide bonds. The minimum atomic E-state index is -4.67. The number of unbranched alkanes of at least 4 members (excludes halogenated alkanes) is 4. The molecule has 36 heavy (non-hydrogen) atoms. The first kappa shape index (κ1) is 26.8. The molecule has 3 aliphatic carbocycles. The second-order valence-corrected chi connectivity index (χ2v) is 32.6. The number of rotatable bonds is 10. The Labute approximate surface area is 226 Å². The maximum absolute atomic E-state index is 8.37. The van der Waals surface area contributed by atoms with Gasteiger partial charge in [-0.1, -0.05) is 0 Å². The van der Waals surface area contributed by atoms with E-state index in [1.54, 1.807) is 3.21 Å². The van der Waals surface area contributed by atoms with Crippen molar-refractivity contribution in [1.82, 2.24) is 0 Å². The first-order valence-corrected chi connectivity index (χ1v) is 24.9. The Bertz CT molecular complexity index is 1150. The Morgan fingerprint density at radius 3 is 1.56 bits per heavy atom. The fraction of sp³-hybridized carbons (Fsp3) is 0.485. The van der Waals surface area contributed by atoms with Crippen LogP contribution in [0.4, 0.5) is 0 Å². The molecule has 3 heteroatoms. The fourth-order valence-corrected chi connectivity index (χ4v) is 26.6. The molecule has 1 fully saturated rings. The average molecular weight is 601 g/mol. The molecule has 0 bridgehead atoms. The van der Waals surface area contributed by atoms with Crippen LogP contribution in [0.5, 0.6) is 0 Å². The third-order valence-electron chi connectivity index (χ3n) is 9.14. The molecule has 2 atom stereocenters.